The van der Waals surface area contributed by atoms with E-state index in [1.807, 2.05) is 12.1 Å². The third kappa shape index (κ3) is 2.12. The van der Waals surface area contributed by atoms with Crippen molar-refractivity contribution >= 4 is 5.78 Å². The highest BCUT2D eigenvalue weighted by Gasteiger charge is 2.28. The molecule has 96 valence electrons. The predicted molar refractivity (Wildman–Crippen MR) is 72.6 cm³/mol. The first kappa shape index (κ1) is 11.9. The van der Waals surface area contributed by atoms with Crippen molar-refractivity contribution in [3.05, 3.63) is 59.3 Å². The lowest BCUT2D eigenvalue weighted by molar-refractivity contribution is 0.0967. The van der Waals surface area contributed by atoms with Gasteiger partial charge in [0.2, 0.25) is 5.88 Å². The fraction of sp³-hybridized carbons (Fsp3) is 0.250. The molecular weight excluding hydrogens is 238 g/mol. The van der Waals surface area contributed by atoms with Crippen molar-refractivity contribution in [2.24, 2.45) is 0 Å². The number of carbonyl (C=O) groups is 1. The summed E-state index contributed by atoms with van der Waals surface area (Å²) in [5, 5.41) is 0. The maximum Gasteiger partial charge on any atom is 0.224 e. The molecule has 0 N–H and O–H groups in total. The van der Waals surface area contributed by atoms with E-state index in [0.29, 0.717) is 23.8 Å². The van der Waals surface area contributed by atoms with Gasteiger partial charge in [-0.05, 0) is 35.6 Å². The van der Waals surface area contributed by atoms with Crippen LogP contribution >= 0.6 is 0 Å². The second-order valence-corrected chi connectivity index (χ2v) is 4.79. The standard InChI is InChI=1S/C16H15NO2/c1-19-16-14(7-4-8-17-16)15(18)10-12-9-11-5-2-3-6-13(11)12/h2-8,12H,9-10H2,1H3. The van der Waals surface area contributed by atoms with E-state index in [4.69, 9.17) is 4.74 Å². The molecule has 0 fully saturated rings. The number of rotatable bonds is 4. The first-order valence-corrected chi connectivity index (χ1v) is 6.39. The molecule has 1 atom stereocenters. The molecule has 1 aromatic carbocycles. The molecule has 3 nitrogen and oxygen atoms in total. The number of ketones is 1. The Bertz CT molecular complexity index is 622. The van der Waals surface area contributed by atoms with Gasteiger partial charge in [0, 0.05) is 12.6 Å². The molecule has 3 rings (SSSR count). The van der Waals surface area contributed by atoms with E-state index in [0.717, 1.165) is 6.42 Å². The third-order valence-electron chi connectivity index (χ3n) is 3.66. The Balaban J connectivity index is 1.77. The van der Waals surface area contributed by atoms with Gasteiger partial charge in [-0.15, -0.1) is 0 Å². The van der Waals surface area contributed by atoms with Crippen LogP contribution in [0.2, 0.25) is 0 Å². The topological polar surface area (TPSA) is 39.2 Å². The molecule has 1 unspecified atom stereocenters. The summed E-state index contributed by atoms with van der Waals surface area (Å²) in [5.74, 6) is 0.859. The normalized spacial score (nSPS) is 16.4. The van der Waals surface area contributed by atoms with Gasteiger partial charge in [-0.25, -0.2) is 4.98 Å². The maximum atomic E-state index is 12.3. The van der Waals surface area contributed by atoms with E-state index >= 15 is 0 Å². The highest BCUT2D eigenvalue weighted by atomic mass is 16.5. The number of hydrogen-bond acceptors (Lipinski definition) is 3. The maximum absolute atomic E-state index is 12.3. The number of fused-ring (bicyclic) bond motifs is 1. The van der Waals surface area contributed by atoms with Crippen molar-refractivity contribution < 1.29 is 9.53 Å². The summed E-state index contributed by atoms with van der Waals surface area (Å²) >= 11 is 0. The Morgan fingerprint density at radius 1 is 1.32 bits per heavy atom. The second kappa shape index (κ2) is 4.84. The number of Topliss-reactive ketones (excluding diaryl/α,β-unsaturated/α-hetero) is 1. The van der Waals surface area contributed by atoms with Crippen molar-refractivity contribution in [3.63, 3.8) is 0 Å². The molecule has 1 aliphatic carbocycles. The van der Waals surface area contributed by atoms with Crippen LogP contribution in [0.15, 0.2) is 42.6 Å². The van der Waals surface area contributed by atoms with Crippen molar-refractivity contribution in [2.45, 2.75) is 18.8 Å². The van der Waals surface area contributed by atoms with Crippen molar-refractivity contribution in [1.29, 1.82) is 0 Å². The van der Waals surface area contributed by atoms with Gasteiger partial charge in [-0.1, -0.05) is 24.3 Å². The van der Waals surface area contributed by atoms with E-state index in [1.54, 1.807) is 18.3 Å². The van der Waals surface area contributed by atoms with E-state index < -0.39 is 0 Å². The number of benzene rings is 1. The minimum atomic E-state index is 0.101. The first-order chi connectivity index (χ1) is 9.29. The molecule has 3 heteroatoms. The van der Waals surface area contributed by atoms with Gasteiger partial charge in [-0.3, -0.25) is 4.79 Å². The summed E-state index contributed by atoms with van der Waals surface area (Å²) in [4.78, 5) is 16.4. The Morgan fingerprint density at radius 3 is 2.95 bits per heavy atom. The molecule has 0 bridgehead atoms. The minimum absolute atomic E-state index is 0.101. The molecule has 0 radical (unpaired) electrons. The average Bonchev–Trinajstić information content (AvgIpc) is 2.44. The Labute approximate surface area is 112 Å². The molecule has 0 saturated heterocycles. The molecule has 0 saturated carbocycles. The molecule has 19 heavy (non-hydrogen) atoms. The quantitative estimate of drug-likeness (QED) is 0.786. The van der Waals surface area contributed by atoms with Gasteiger partial charge in [-0.2, -0.15) is 0 Å². The number of aromatic nitrogens is 1. The lowest BCUT2D eigenvalue weighted by Crippen LogP contribution is -2.20. The molecule has 2 aromatic rings. The van der Waals surface area contributed by atoms with Crippen LogP contribution in [-0.4, -0.2) is 17.9 Å². The number of carbonyl (C=O) groups excluding carboxylic acids is 1. The number of hydrogen-bond donors (Lipinski definition) is 0. The monoisotopic (exact) mass is 253 g/mol. The van der Waals surface area contributed by atoms with Gasteiger partial charge in [0.15, 0.2) is 5.78 Å². The van der Waals surface area contributed by atoms with E-state index in [2.05, 4.69) is 17.1 Å². The van der Waals surface area contributed by atoms with Crippen LogP contribution in [0.3, 0.4) is 0 Å². The summed E-state index contributed by atoms with van der Waals surface area (Å²) in [7, 11) is 1.54. The van der Waals surface area contributed by atoms with E-state index in [1.165, 1.54) is 18.2 Å². The predicted octanol–water partition coefficient (Wildman–Crippen LogP) is 3.00. The summed E-state index contributed by atoms with van der Waals surface area (Å²) in [6.45, 7) is 0. The summed E-state index contributed by atoms with van der Waals surface area (Å²) in [5.41, 5.74) is 3.24. The van der Waals surface area contributed by atoms with Gasteiger partial charge < -0.3 is 4.74 Å². The minimum Gasteiger partial charge on any atom is -0.480 e. The fourth-order valence-corrected chi connectivity index (χ4v) is 2.64. The van der Waals surface area contributed by atoms with Crippen molar-refractivity contribution in [1.82, 2.24) is 4.98 Å². The largest absolute Gasteiger partial charge is 0.480 e. The van der Waals surface area contributed by atoms with Gasteiger partial charge >= 0.3 is 0 Å². The summed E-state index contributed by atoms with van der Waals surface area (Å²) < 4.78 is 5.14. The van der Waals surface area contributed by atoms with E-state index in [9.17, 15) is 4.79 Å². The number of nitrogens with zero attached hydrogens (tertiary/aromatic N) is 1. The molecule has 1 heterocycles. The Morgan fingerprint density at radius 2 is 2.16 bits per heavy atom. The summed E-state index contributed by atoms with van der Waals surface area (Å²) in [6.07, 6.45) is 3.15. The van der Waals surface area contributed by atoms with Crippen LogP contribution in [0.5, 0.6) is 5.88 Å². The zero-order chi connectivity index (χ0) is 13.2. The third-order valence-corrected chi connectivity index (χ3v) is 3.66. The van der Waals surface area contributed by atoms with E-state index in [-0.39, 0.29) is 5.78 Å². The SMILES string of the molecule is COc1ncccc1C(=O)CC1Cc2ccccc21. The first-order valence-electron chi connectivity index (χ1n) is 6.39. The highest BCUT2D eigenvalue weighted by Crippen LogP contribution is 2.38. The zero-order valence-electron chi connectivity index (χ0n) is 10.8. The average molecular weight is 253 g/mol. The molecule has 0 spiro atoms. The second-order valence-electron chi connectivity index (χ2n) is 4.79. The van der Waals surface area contributed by atoms with Gasteiger partial charge in [0.05, 0.1) is 12.7 Å². The number of pyridine rings is 1. The van der Waals surface area contributed by atoms with Crippen LogP contribution in [0.1, 0.15) is 33.8 Å². The number of ether oxygens (including phenoxy) is 1. The molecular formula is C16H15NO2. The number of methoxy groups -OCH3 is 1. The van der Waals surface area contributed by atoms with Crippen LogP contribution in [0.4, 0.5) is 0 Å². The molecule has 0 aliphatic heterocycles. The lowest BCUT2D eigenvalue weighted by Gasteiger charge is -2.29. The smallest absolute Gasteiger partial charge is 0.224 e. The molecule has 1 aromatic heterocycles. The zero-order valence-corrected chi connectivity index (χ0v) is 10.8. The van der Waals surface area contributed by atoms with Gasteiger partial charge in [0.1, 0.15) is 0 Å². The van der Waals surface area contributed by atoms with Crippen molar-refractivity contribution in [2.75, 3.05) is 7.11 Å². The van der Waals surface area contributed by atoms with Gasteiger partial charge in [0.25, 0.3) is 0 Å². The molecule has 1 aliphatic rings. The van der Waals surface area contributed by atoms with Crippen LogP contribution in [-0.2, 0) is 6.42 Å². The Kier molecular flexibility index (Phi) is 3.03. The Hall–Kier alpha value is -2.16. The highest BCUT2D eigenvalue weighted by molar-refractivity contribution is 5.98. The van der Waals surface area contributed by atoms with Crippen LogP contribution < -0.4 is 4.74 Å². The van der Waals surface area contributed by atoms with Crippen LogP contribution in [0.25, 0.3) is 0 Å². The lowest BCUT2D eigenvalue weighted by atomic mass is 9.74. The van der Waals surface area contributed by atoms with Crippen LogP contribution in [0, 0.1) is 0 Å². The van der Waals surface area contributed by atoms with Crippen molar-refractivity contribution in [3.8, 4) is 5.88 Å². The fourth-order valence-electron chi connectivity index (χ4n) is 2.64. The molecule has 0 amide bonds. The summed E-state index contributed by atoms with van der Waals surface area (Å²) in [6, 6.07) is 11.8.